The highest BCUT2D eigenvalue weighted by molar-refractivity contribution is 7.80. The molecule has 6 heteroatoms. The first kappa shape index (κ1) is 11.9. The Bertz CT molecular complexity index is 276. The van der Waals surface area contributed by atoms with Gasteiger partial charge in [-0.15, -0.1) is 0 Å². The third kappa shape index (κ3) is 5.31. The quantitative estimate of drug-likeness (QED) is 0.556. The SMILES string of the molecule is CCCCNC(=S)NCCc1ncon1. The van der Waals surface area contributed by atoms with Crippen molar-refractivity contribution in [1.29, 1.82) is 0 Å². The Morgan fingerprint density at radius 2 is 2.27 bits per heavy atom. The summed E-state index contributed by atoms with van der Waals surface area (Å²) in [6.45, 7) is 3.79. The van der Waals surface area contributed by atoms with E-state index in [0.29, 0.717) is 17.4 Å². The Morgan fingerprint density at radius 1 is 1.47 bits per heavy atom. The number of aromatic nitrogens is 2. The molecule has 5 nitrogen and oxygen atoms in total. The summed E-state index contributed by atoms with van der Waals surface area (Å²) in [5.74, 6) is 0.693. The maximum absolute atomic E-state index is 5.08. The van der Waals surface area contributed by atoms with Gasteiger partial charge in [0.25, 0.3) is 0 Å². The predicted octanol–water partition coefficient (Wildman–Crippen LogP) is 0.876. The molecule has 0 aliphatic carbocycles. The third-order valence-electron chi connectivity index (χ3n) is 1.86. The molecular formula is C9H16N4OS. The third-order valence-corrected chi connectivity index (χ3v) is 2.15. The van der Waals surface area contributed by atoms with Gasteiger partial charge in [-0.3, -0.25) is 0 Å². The van der Waals surface area contributed by atoms with Crippen molar-refractivity contribution >= 4 is 17.3 Å². The Labute approximate surface area is 94.6 Å². The average molecular weight is 228 g/mol. The summed E-state index contributed by atoms with van der Waals surface area (Å²) >= 11 is 5.08. The smallest absolute Gasteiger partial charge is 0.213 e. The van der Waals surface area contributed by atoms with Crippen molar-refractivity contribution < 1.29 is 4.52 Å². The van der Waals surface area contributed by atoms with Crippen LogP contribution in [-0.2, 0) is 6.42 Å². The lowest BCUT2D eigenvalue weighted by atomic mass is 10.3. The molecule has 0 aromatic carbocycles. The van der Waals surface area contributed by atoms with Crippen LogP contribution >= 0.6 is 12.2 Å². The molecule has 1 rings (SSSR count). The van der Waals surface area contributed by atoms with Gasteiger partial charge >= 0.3 is 0 Å². The molecule has 1 aromatic heterocycles. The number of unbranched alkanes of at least 4 members (excludes halogenated alkanes) is 1. The molecule has 0 unspecified atom stereocenters. The van der Waals surface area contributed by atoms with Gasteiger partial charge < -0.3 is 15.2 Å². The molecule has 0 aliphatic rings. The fourth-order valence-corrected chi connectivity index (χ4v) is 1.24. The number of hydrogen-bond donors (Lipinski definition) is 2. The van der Waals surface area contributed by atoms with Crippen molar-refractivity contribution in [3.63, 3.8) is 0 Å². The zero-order valence-electron chi connectivity index (χ0n) is 8.82. The zero-order valence-corrected chi connectivity index (χ0v) is 9.64. The van der Waals surface area contributed by atoms with E-state index in [9.17, 15) is 0 Å². The van der Waals surface area contributed by atoms with Crippen LogP contribution in [0.4, 0.5) is 0 Å². The highest BCUT2D eigenvalue weighted by Crippen LogP contribution is 1.88. The fourth-order valence-electron chi connectivity index (χ4n) is 1.03. The van der Waals surface area contributed by atoms with Crippen LogP contribution in [0.3, 0.4) is 0 Å². The van der Waals surface area contributed by atoms with Crippen molar-refractivity contribution in [3.05, 3.63) is 12.2 Å². The molecule has 1 heterocycles. The molecule has 0 saturated carbocycles. The second-order valence-electron chi connectivity index (χ2n) is 3.13. The average Bonchev–Trinajstić information content (AvgIpc) is 2.71. The first-order chi connectivity index (χ1) is 7.33. The summed E-state index contributed by atoms with van der Waals surface area (Å²) in [4.78, 5) is 3.91. The molecule has 0 radical (unpaired) electrons. The maximum Gasteiger partial charge on any atom is 0.213 e. The molecule has 0 atom stereocenters. The minimum Gasteiger partial charge on any atom is -0.363 e. The van der Waals surface area contributed by atoms with E-state index >= 15 is 0 Å². The molecule has 2 N–H and O–H groups in total. The monoisotopic (exact) mass is 228 g/mol. The molecular weight excluding hydrogens is 212 g/mol. The number of nitrogens with one attached hydrogen (secondary N) is 2. The molecule has 15 heavy (non-hydrogen) atoms. The Kier molecular flexibility index (Phi) is 5.69. The Morgan fingerprint density at radius 3 is 2.93 bits per heavy atom. The lowest BCUT2D eigenvalue weighted by Gasteiger charge is -2.08. The van der Waals surface area contributed by atoms with E-state index in [2.05, 4.69) is 32.2 Å². The molecule has 0 saturated heterocycles. The largest absolute Gasteiger partial charge is 0.363 e. The molecule has 0 amide bonds. The van der Waals surface area contributed by atoms with E-state index < -0.39 is 0 Å². The van der Waals surface area contributed by atoms with Crippen molar-refractivity contribution in [1.82, 2.24) is 20.8 Å². The second-order valence-corrected chi connectivity index (χ2v) is 3.54. The van der Waals surface area contributed by atoms with E-state index in [1.807, 2.05) is 0 Å². The predicted molar refractivity (Wildman–Crippen MR) is 61.5 cm³/mol. The fraction of sp³-hybridized carbons (Fsp3) is 0.667. The standard InChI is InChI=1S/C9H16N4OS/c1-2-3-5-10-9(15)11-6-4-8-12-7-14-13-8/h7H,2-6H2,1H3,(H2,10,11,15). The van der Waals surface area contributed by atoms with Crippen molar-refractivity contribution in [2.75, 3.05) is 13.1 Å². The summed E-state index contributed by atoms with van der Waals surface area (Å²) in [5, 5.41) is 10.6. The number of thiocarbonyl (C=S) groups is 1. The highest BCUT2D eigenvalue weighted by Gasteiger charge is 1.98. The Hall–Kier alpha value is -1.17. The van der Waals surface area contributed by atoms with Gasteiger partial charge in [0.1, 0.15) is 0 Å². The molecule has 0 fully saturated rings. The van der Waals surface area contributed by atoms with Gasteiger partial charge in [-0.2, -0.15) is 4.98 Å². The van der Waals surface area contributed by atoms with Crippen LogP contribution in [0.25, 0.3) is 0 Å². The van der Waals surface area contributed by atoms with E-state index in [1.165, 1.54) is 12.8 Å². The summed E-state index contributed by atoms with van der Waals surface area (Å²) < 4.78 is 4.61. The van der Waals surface area contributed by atoms with E-state index in [4.69, 9.17) is 12.2 Å². The van der Waals surface area contributed by atoms with Crippen molar-refractivity contribution in [2.24, 2.45) is 0 Å². The van der Waals surface area contributed by atoms with Gasteiger partial charge in [-0.25, -0.2) is 0 Å². The van der Waals surface area contributed by atoms with E-state index in [-0.39, 0.29) is 0 Å². The van der Waals surface area contributed by atoms with E-state index in [0.717, 1.165) is 19.5 Å². The van der Waals surface area contributed by atoms with Gasteiger partial charge in [-0.1, -0.05) is 18.5 Å². The highest BCUT2D eigenvalue weighted by atomic mass is 32.1. The van der Waals surface area contributed by atoms with E-state index in [1.54, 1.807) is 0 Å². The van der Waals surface area contributed by atoms with Crippen LogP contribution in [0.15, 0.2) is 10.9 Å². The molecule has 0 aliphatic heterocycles. The lowest BCUT2D eigenvalue weighted by molar-refractivity contribution is 0.410. The number of hydrogen-bond acceptors (Lipinski definition) is 4. The maximum atomic E-state index is 5.08. The second kappa shape index (κ2) is 7.17. The summed E-state index contributed by atoms with van der Waals surface area (Å²) in [6.07, 6.45) is 4.34. The Balaban J connectivity index is 2.02. The van der Waals surface area contributed by atoms with Crippen LogP contribution < -0.4 is 10.6 Å². The number of rotatable bonds is 6. The first-order valence-corrected chi connectivity index (χ1v) is 5.50. The topological polar surface area (TPSA) is 63.0 Å². The normalized spacial score (nSPS) is 9.93. The van der Waals surface area contributed by atoms with Gasteiger partial charge in [0, 0.05) is 19.5 Å². The van der Waals surface area contributed by atoms with Crippen LogP contribution in [0.2, 0.25) is 0 Å². The first-order valence-electron chi connectivity index (χ1n) is 5.10. The van der Waals surface area contributed by atoms with Crippen molar-refractivity contribution in [3.8, 4) is 0 Å². The molecule has 0 bridgehead atoms. The molecule has 0 spiro atoms. The van der Waals surface area contributed by atoms with Crippen LogP contribution in [0, 0.1) is 0 Å². The molecule has 84 valence electrons. The lowest BCUT2D eigenvalue weighted by Crippen LogP contribution is -2.36. The minimum atomic E-state index is 0.687. The zero-order chi connectivity index (χ0) is 10.9. The molecule has 1 aromatic rings. The van der Waals surface area contributed by atoms with Crippen LogP contribution in [-0.4, -0.2) is 28.3 Å². The van der Waals surface area contributed by atoms with Crippen molar-refractivity contribution in [2.45, 2.75) is 26.2 Å². The summed E-state index contributed by atoms with van der Waals surface area (Å²) in [7, 11) is 0. The number of nitrogens with zero attached hydrogens (tertiary/aromatic N) is 2. The van der Waals surface area contributed by atoms with Crippen LogP contribution in [0.1, 0.15) is 25.6 Å². The van der Waals surface area contributed by atoms with Gasteiger partial charge in [0.15, 0.2) is 10.9 Å². The summed E-state index contributed by atoms with van der Waals surface area (Å²) in [5.41, 5.74) is 0. The summed E-state index contributed by atoms with van der Waals surface area (Å²) in [6, 6.07) is 0. The van der Waals surface area contributed by atoms with Gasteiger partial charge in [0.05, 0.1) is 0 Å². The van der Waals surface area contributed by atoms with Gasteiger partial charge in [0.2, 0.25) is 6.39 Å². The van der Waals surface area contributed by atoms with Crippen LogP contribution in [0.5, 0.6) is 0 Å². The minimum absolute atomic E-state index is 0.687. The van der Waals surface area contributed by atoms with Gasteiger partial charge in [-0.05, 0) is 18.6 Å².